The Morgan fingerprint density at radius 3 is 2.42 bits per heavy atom. The minimum absolute atomic E-state index is 0.0139. The molecule has 0 heterocycles. The van der Waals surface area contributed by atoms with E-state index < -0.39 is 9.71 Å². The molecule has 0 bridgehead atoms. The van der Waals surface area contributed by atoms with E-state index in [-0.39, 0.29) is 39.6 Å². The van der Waals surface area contributed by atoms with Crippen LogP contribution in [0.3, 0.4) is 0 Å². The van der Waals surface area contributed by atoms with Gasteiger partial charge in [0.2, 0.25) is 0 Å². The van der Waals surface area contributed by atoms with Crippen molar-refractivity contribution in [2.75, 3.05) is 7.11 Å². The van der Waals surface area contributed by atoms with Crippen molar-refractivity contribution in [2.45, 2.75) is 24.4 Å². The summed E-state index contributed by atoms with van der Waals surface area (Å²) in [5.74, 6) is 3.92. The third kappa shape index (κ3) is 6.45. The molecule has 9 heteroatoms. The van der Waals surface area contributed by atoms with Gasteiger partial charge in [-0.05, 0) is 65.0 Å². The van der Waals surface area contributed by atoms with Crippen LogP contribution in [0.5, 0.6) is 11.5 Å². The molecule has 0 radical (unpaired) electrons. The van der Waals surface area contributed by atoms with Crippen LogP contribution in [0.4, 0.5) is 4.39 Å². The van der Waals surface area contributed by atoms with Crippen molar-refractivity contribution < 1.29 is 18.4 Å². The topological polar surface area (TPSA) is 49.8 Å². The lowest BCUT2D eigenvalue weighted by Crippen LogP contribution is -2.30. The highest BCUT2D eigenvalue weighted by Gasteiger charge is 2.25. The van der Waals surface area contributed by atoms with Crippen molar-refractivity contribution in [2.24, 2.45) is 0 Å². The summed E-state index contributed by atoms with van der Waals surface area (Å²) < 4.78 is 35.1. The van der Waals surface area contributed by atoms with Gasteiger partial charge in [0.25, 0.3) is 0 Å². The second kappa shape index (κ2) is 12.0. The summed E-state index contributed by atoms with van der Waals surface area (Å²) >= 11 is 18.5. The predicted molar refractivity (Wildman–Crippen MR) is 156 cm³/mol. The van der Waals surface area contributed by atoms with E-state index in [0.717, 1.165) is 16.7 Å². The van der Waals surface area contributed by atoms with E-state index in [9.17, 15) is 13.7 Å². The number of halogens is 4. The average molecular weight is 593 g/mol. The normalized spacial score (nSPS) is 15.0. The molecule has 4 rings (SSSR count). The number of phenols is 1. The first-order valence-corrected chi connectivity index (χ1v) is 14.4. The molecule has 4 nitrogen and oxygen atoms in total. The van der Waals surface area contributed by atoms with Crippen LogP contribution < -0.4 is 4.74 Å². The molecule has 3 aromatic rings. The number of methoxy groups -OCH3 is 1. The number of phenolic OH excluding ortho intramolecular Hbond substituents is 1. The van der Waals surface area contributed by atoms with E-state index >= 15 is 0 Å². The SMILES string of the molecule is C=S(=O)(c1cc(Cl)cc(Cl)c1O)N(Cc1ccc(F)cc1)Cc1ccc(OC)c(C2=CC=C(Cl)CC=C2)c1. The van der Waals surface area contributed by atoms with Gasteiger partial charge in [0, 0.05) is 35.1 Å². The van der Waals surface area contributed by atoms with Crippen LogP contribution in [-0.2, 0) is 22.8 Å². The van der Waals surface area contributed by atoms with Gasteiger partial charge in [0.1, 0.15) is 11.6 Å². The highest BCUT2D eigenvalue weighted by molar-refractivity contribution is 7.98. The van der Waals surface area contributed by atoms with Gasteiger partial charge < -0.3 is 9.84 Å². The molecule has 1 aliphatic rings. The van der Waals surface area contributed by atoms with Crippen LogP contribution in [0.2, 0.25) is 10.0 Å². The van der Waals surface area contributed by atoms with Crippen molar-refractivity contribution in [1.82, 2.24) is 4.31 Å². The molecular formula is C29H25Cl3FNO3S. The predicted octanol–water partition coefficient (Wildman–Crippen LogP) is 8.01. The summed E-state index contributed by atoms with van der Waals surface area (Å²) in [6, 6.07) is 14.3. The van der Waals surface area contributed by atoms with Crippen molar-refractivity contribution in [3.63, 3.8) is 0 Å². The fourth-order valence-electron chi connectivity index (χ4n) is 4.05. The molecule has 0 aliphatic heterocycles. The Kier molecular flexibility index (Phi) is 8.91. The molecule has 0 saturated heterocycles. The second-order valence-electron chi connectivity index (χ2n) is 8.68. The highest BCUT2D eigenvalue weighted by Crippen LogP contribution is 2.37. The van der Waals surface area contributed by atoms with E-state index in [0.29, 0.717) is 22.8 Å². The molecule has 1 unspecified atom stereocenters. The first-order valence-electron chi connectivity index (χ1n) is 11.5. The van der Waals surface area contributed by atoms with Crippen LogP contribution >= 0.6 is 34.8 Å². The smallest absolute Gasteiger partial charge is 0.151 e. The Bertz CT molecular complexity index is 1550. The van der Waals surface area contributed by atoms with Gasteiger partial charge in [-0.3, -0.25) is 0 Å². The Morgan fingerprint density at radius 2 is 1.71 bits per heavy atom. The fraction of sp³-hybridized carbons (Fsp3) is 0.138. The van der Waals surface area contributed by atoms with Gasteiger partial charge in [0.05, 0.1) is 26.7 Å². The van der Waals surface area contributed by atoms with Gasteiger partial charge in [-0.2, -0.15) is 0 Å². The molecule has 0 fully saturated rings. The molecule has 3 aromatic carbocycles. The minimum Gasteiger partial charge on any atom is -0.505 e. The molecule has 1 atom stereocenters. The van der Waals surface area contributed by atoms with Crippen molar-refractivity contribution >= 4 is 56.0 Å². The zero-order valence-electron chi connectivity index (χ0n) is 20.5. The largest absolute Gasteiger partial charge is 0.505 e. The van der Waals surface area contributed by atoms with Gasteiger partial charge in [-0.1, -0.05) is 71.2 Å². The summed E-state index contributed by atoms with van der Waals surface area (Å²) in [5, 5.41) is 11.6. The molecular weight excluding hydrogens is 568 g/mol. The number of hydrogen-bond acceptors (Lipinski definition) is 3. The van der Waals surface area contributed by atoms with E-state index in [1.165, 1.54) is 24.3 Å². The molecule has 38 heavy (non-hydrogen) atoms. The minimum atomic E-state index is -3.32. The summed E-state index contributed by atoms with van der Waals surface area (Å²) in [4.78, 5) is 0.0139. The van der Waals surface area contributed by atoms with Gasteiger partial charge in [-0.15, -0.1) is 0 Å². The van der Waals surface area contributed by atoms with Gasteiger partial charge >= 0.3 is 0 Å². The number of ether oxygens (including phenoxy) is 1. The van der Waals surface area contributed by atoms with Crippen LogP contribution in [0.1, 0.15) is 23.1 Å². The molecule has 198 valence electrons. The Labute approximate surface area is 237 Å². The number of hydrogen-bond donors (Lipinski definition) is 1. The summed E-state index contributed by atoms with van der Waals surface area (Å²) in [7, 11) is -1.72. The Morgan fingerprint density at radius 1 is 1.03 bits per heavy atom. The van der Waals surface area contributed by atoms with E-state index in [1.54, 1.807) is 23.5 Å². The maximum absolute atomic E-state index is 14.3. The molecule has 1 N–H and O–H groups in total. The second-order valence-corrected chi connectivity index (χ2v) is 12.2. The van der Waals surface area contributed by atoms with Crippen LogP contribution in [-0.4, -0.2) is 26.6 Å². The molecule has 0 saturated carbocycles. The van der Waals surface area contributed by atoms with E-state index in [1.807, 2.05) is 42.5 Å². The average Bonchev–Trinajstić information content (AvgIpc) is 3.11. The first-order chi connectivity index (χ1) is 18.1. The fourth-order valence-corrected chi connectivity index (χ4v) is 6.53. The Hall–Kier alpha value is -2.74. The lowest BCUT2D eigenvalue weighted by atomic mass is 10.0. The first kappa shape index (κ1) is 28.3. The zero-order chi connectivity index (χ0) is 27.4. The van der Waals surface area contributed by atoms with Crippen LogP contribution in [0.25, 0.3) is 5.57 Å². The number of aromatic hydroxyl groups is 1. The van der Waals surface area contributed by atoms with Gasteiger partial charge in [0.15, 0.2) is 5.75 Å². The number of nitrogens with zero attached hydrogens (tertiary/aromatic N) is 1. The standard InChI is InChI=1S/C29H25Cl3FNO3S/c1-37-27-13-8-20(14-25(27)21-4-3-5-22(30)10-9-21)18-34(17-19-6-11-24(33)12-7-19)38(2,36)28-16-23(31)15-26(32)29(28)35/h3-4,6-16,35H,2,5,17-18H2,1H3. The third-order valence-electron chi connectivity index (χ3n) is 6.01. The third-order valence-corrected chi connectivity index (χ3v) is 8.89. The molecule has 0 amide bonds. The van der Waals surface area contributed by atoms with E-state index in [2.05, 4.69) is 5.87 Å². The quantitative estimate of drug-likeness (QED) is 0.270. The Balaban J connectivity index is 1.79. The zero-order valence-corrected chi connectivity index (χ0v) is 23.5. The lowest BCUT2D eigenvalue weighted by molar-refractivity contribution is 0.411. The summed E-state index contributed by atoms with van der Waals surface area (Å²) in [6.45, 7) is 0.322. The number of rotatable bonds is 8. The summed E-state index contributed by atoms with van der Waals surface area (Å²) in [5.41, 5.74) is 3.24. The number of allylic oxidation sites excluding steroid dienone is 6. The summed E-state index contributed by atoms with van der Waals surface area (Å²) in [6.07, 6.45) is 8.34. The maximum atomic E-state index is 14.3. The van der Waals surface area contributed by atoms with Crippen LogP contribution in [0, 0.1) is 5.82 Å². The van der Waals surface area contributed by atoms with Crippen molar-refractivity contribution in [3.8, 4) is 11.5 Å². The van der Waals surface area contributed by atoms with E-state index in [4.69, 9.17) is 39.5 Å². The molecule has 1 aliphatic carbocycles. The highest BCUT2D eigenvalue weighted by atomic mass is 35.5. The van der Waals surface area contributed by atoms with Gasteiger partial charge in [-0.25, -0.2) is 12.9 Å². The van der Waals surface area contributed by atoms with Crippen LogP contribution in [0.15, 0.2) is 88.8 Å². The number of benzene rings is 3. The monoisotopic (exact) mass is 591 g/mol. The molecule has 0 spiro atoms. The molecule has 0 aromatic heterocycles. The maximum Gasteiger partial charge on any atom is 0.151 e. The van der Waals surface area contributed by atoms with Crippen molar-refractivity contribution in [3.05, 3.63) is 116 Å². The lowest BCUT2D eigenvalue weighted by Gasteiger charge is -2.28. The van der Waals surface area contributed by atoms with Crippen molar-refractivity contribution in [1.29, 1.82) is 0 Å².